The van der Waals surface area contributed by atoms with Crippen LogP contribution in [0.2, 0.25) is 5.02 Å². The lowest BCUT2D eigenvalue weighted by molar-refractivity contribution is -0.118. The van der Waals surface area contributed by atoms with Crippen LogP contribution in [-0.4, -0.2) is 5.91 Å². The summed E-state index contributed by atoms with van der Waals surface area (Å²) < 4.78 is 0.829. The Bertz CT molecular complexity index is 357. The molecule has 1 rings (SSSR count). The number of hydrogen-bond donors (Lipinski definition) is 2. The van der Waals surface area contributed by atoms with Crippen LogP contribution in [0.5, 0.6) is 0 Å². The molecular weight excluding hydrogens is 267 g/mol. The van der Waals surface area contributed by atoms with Crippen molar-refractivity contribution in [2.45, 2.75) is 12.5 Å². The lowest BCUT2D eigenvalue weighted by Crippen LogP contribution is -2.20. The second-order valence-corrected chi connectivity index (χ2v) is 4.23. The van der Waals surface area contributed by atoms with Gasteiger partial charge >= 0.3 is 0 Å². The van der Waals surface area contributed by atoms with Gasteiger partial charge in [0.2, 0.25) is 5.91 Å². The number of rotatable bonds is 3. The van der Waals surface area contributed by atoms with E-state index in [0.29, 0.717) is 5.02 Å². The Morgan fingerprint density at radius 2 is 2.21 bits per heavy atom. The summed E-state index contributed by atoms with van der Waals surface area (Å²) in [6.45, 7) is 0. The summed E-state index contributed by atoms with van der Waals surface area (Å²) in [5.74, 6) is -0.427. The Labute approximate surface area is 95.5 Å². The number of carbonyl (C=O) groups is 1. The van der Waals surface area contributed by atoms with Gasteiger partial charge in [-0.25, -0.2) is 0 Å². The Balaban J connectivity index is 2.93. The third kappa shape index (κ3) is 2.97. The molecule has 0 bridgehead atoms. The Hall–Kier alpha value is -0.580. The molecule has 1 amide bonds. The molecule has 76 valence electrons. The van der Waals surface area contributed by atoms with Crippen molar-refractivity contribution in [1.82, 2.24) is 0 Å². The van der Waals surface area contributed by atoms with Gasteiger partial charge in [0.25, 0.3) is 0 Å². The topological polar surface area (TPSA) is 69.1 Å². The second-order valence-electron chi connectivity index (χ2n) is 2.94. The second kappa shape index (κ2) is 4.77. The van der Waals surface area contributed by atoms with Gasteiger partial charge < -0.3 is 11.5 Å². The highest BCUT2D eigenvalue weighted by molar-refractivity contribution is 9.10. The molecule has 4 N–H and O–H groups in total. The van der Waals surface area contributed by atoms with E-state index in [9.17, 15) is 4.79 Å². The Morgan fingerprint density at radius 3 is 2.79 bits per heavy atom. The van der Waals surface area contributed by atoms with Gasteiger partial charge in [0.1, 0.15) is 0 Å². The molecule has 0 aromatic heterocycles. The summed E-state index contributed by atoms with van der Waals surface area (Å²) in [5, 5.41) is 0.586. The lowest BCUT2D eigenvalue weighted by atomic mass is 10.0. The van der Waals surface area contributed by atoms with Gasteiger partial charge in [0.15, 0.2) is 0 Å². The normalized spacial score (nSPS) is 12.5. The van der Waals surface area contributed by atoms with Gasteiger partial charge in [-0.2, -0.15) is 0 Å². The van der Waals surface area contributed by atoms with Crippen molar-refractivity contribution in [2.75, 3.05) is 0 Å². The minimum atomic E-state index is -0.427. The molecule has 0 saturated carbocycles. The van der Waals surface area contributed by atoms with Crippen molar-refractivity contribution >= 4 is 33.4 Å². The van der Waals surface area contributed by atoms with Crippen LogP contribution in [0.1, 0.15) is 18.0 Å². The van der Waals surface area contributed by atoms with Crippen molar-refractivity contribution in [3.8, 4) is 0 Å². The lowest BCUT2D eigenvalue weighted by Gasteiger charge is -2.12. The van der Waals surface area contributed by atoms with Crippen molar-refractivity contribution < 1.29 is 4.79 Å². The monoisotopic (exact) mass is 276 g/mol. The van der Waals surface area contributed by atoms with Gasteiger partial charge in [-0.05, 0) is 23.8 Å². The van der Waals surface area contributed by atoms with Crippen molar-refractivity contribution in [3.63, 3.8) is 0 Å². The van der Waals surface area contributed by atoms with E-state index >= 15 is 0 Å². The molecule has 0 spiro atoms. The molecule has 0 radical (unpaired) electrons. The van der Waals surface area contributed by atoms with E-state index in [-0.39, 0.29) is 6.42 Å². The van der Waals surface area contributed by atoms with Crippen LogP contribution < -0.4 is 11.5 Å². The van der Waals surface area contributed by atoms with E-state index in [0.717, 1.165) is 10.0 Å². The molecule has 5 heteroatoms. The minimum absolute atomic E-state index is 0.110. The number of carbonyl (C=O) groups excluding carboxylic acids is 1. The molecule has 0 heterocycles. The molecule has 0 fully saturated rings. The molecule has 0 aliphatic heterocycles. The molecule has 0 aliphatic rings. The maximum Gasteiger partial charge on any atom is 0.219 e. The maximum atomic E-state index is 10.7. The van der Waals surface area contributed by atoms with Crippen LogP contribution in [0, 0.1) is 0 Å². The van der Waals surface area contributed by atoms with Gasteiger partial charge in [-0.15, -0.1) is 0 Å². The fraction of sp³-hybridized carbons (Fsp3) is 0.222. The van der Waals surface area contributed by atoms with Crippen molar-refractivity contribution in [3.05, 3.63) is 33.3 Å². The average Bonchev–Trinajstić information content (AvgIpc) is 2.08. The summed E-state index contributed by atoms with van der Waals surface area (Å²) in [7, 11) is 0. The van der Waals surface area contributed by atoms with Gasteiger partial charge in [-0.1, -0.05) is 27.5 Å². The fourth-order valence-corrected chi connectivity index (χ4v) is 1.85. The van der Waals surface area contributed by atoms with Crippen LogP contribution in [-0.2, 0) is 4.79 Å². The quantitative estimate of drug-likeness (QED) is 0.887. The molecule has 3 nitrogen and oxygen atoms in total. The van der Waals surface area contributed by atoms with Crippen LogP contribution in [0.25, 0.3) is 0 Å². The van der Waals surface area contributed by atoms with Gasteiger partial charge in [0.05, 0.1) is 0 Å². The highest BCUT2D eigenvalue weighted by atomic mass is 79.9. The van der Waals surface area contributed by atoms with Gasteiger partial charge in [0, 0.05) is 22.0 Å². The van der Waals surface area contributed by atoms with E-state index < -0.39 is 11.9 Å². The zero-order valence-electron chi connectivity index (χ0n) is 7.34. The van der Waals surface area contributed by atoms with Crippen LogP contribution in [0.15, 0.2) is 22.7 Å². The predicted molar refractivity (Wildman–Crippen MR) is 59.9 cm³/mol. The molecule has 0 aliphatic carbocycles. The molecule has 1 aromatic carbocycles. The van der Waals surface area contributed by atoms with E-state index in [1.807, 2.05) is 0 Å². The van der Waals surface area contributed by atoms with Crippen molar-refractivity contribution in [1.29, 1.82) is 0 Å². The molecule has 1 atom stereocenters. The van der Waals surface area contributed by atoms with Gasteiger partial charge in [-0.3, -0.25) is 4.79 Å². The van der Waals surface area contributed by atoms with E-state index in [1.165, 1.54) is 0 Å². The zero-order valence-corrected chi connectivity index (χ0v) is 9.68. The first-order chi connectivity index (χ1) is 6.50. The van der Waals surface area contributed by atoms with E-state index in [4.69, 9.17) is 23.1 Å². The number of nitrogens with two attached hydrogens (primary N) is 2. The largest absolute Gasteiger partial charge is 0.370 e. The Morgan fingerprint density at radius 1 is 1.57 bits per heavy atom. The van der Waals surface area contributed by atoms with Crippen molar-refractivity contribution in [2.24, 2.45) is 11.5 Å². The number of primary amides is 1. The predicted octanol–water partition coefficient (Wildman–Crippen LogP) is 1.98. The standard InChI is InChI=1S/C9H10BrClN2O/c10-7-2-1-5(11)3-6(7)8(12)4-9(13)14/h1-3,8H,4,12H2,(H2,13,14). The molecule has 1 aromatic rings. The summed E-state index contributed by atoms with van der Waals surface area (Å²) in [5.41, 5.74) is 11.6. The van der Waals surface area contributed by atoms with E-state index in [1.54, 1.807) is 18.2 Å². The number of halogens is 2. The Kier molecular flexibility index (Phi) is 3.92. The summed E-state index contributed by atoms with van der Waals surface area (Å²) >= 11 is 9.14. The molecule has 0 saturated heterocycles. The maximum absolute atomic E-state index is 10.7. The summed E-state index contributed by atoms with van der Waals surface area (Å²) in [6.07, 6.45) is 0.110. The van der Waals surface area contributed by atoms with E-state index in [2.05, 4.69) is 15.9 Å². The molecule has 1 unspecified atom stereocenters. The number of benzene rings is 1. The first-order valence-electron chi connectivity index (χ1n) is 3.99. The summed E-state index contributed by atoms with van der Waals surface area (Å²) in [4.78, 5) is 10.7. The smallest absolute Gasteiger partial charge is 0.219 e. The minimum Gasteiger partial charge on any atom is -0.370 e. The highest BCUT2D eigenvalue weighted by Crippen LogP contribution is 2.26. The first kappa shape index (κ1) is 11.5. The SMILES string of the molecule is NC(=O)CC(N)c1cc(Cl)ccc1Br. The van der Waals surface area contributed by atoms with Crippen LogP contribution >= 0.6 is 27.5 Å². The fourth-order valence-electron chi connectivity index (χ4n) is 1.13. The third-order valence-electron chi connectivity index (χ3n) is 1.78. The number of amides is 1. The highest BCUT2D eigenvalue weighted by Gasteiger charge is 2.12. The van der Waals surface area contributed by atoms with Crippen LogP contribution in [0.4, 0.5) is 0 Å². The average molecular weight is 278 g/mol. The molecule has 14 heavy (non-hydrogen) atoms. The van der Waals surface area contributed by atoms with Crippen LogP contribution in [0.3, 0.4) is 0 Å². The first-order valence-corrected chi connectivity index (χ1v) is 5.16. The third-order valence-corrected chi connectivity index (χ3v) is 2.74. The summed E-state index contributed by atoms with van der Waals surface area (Å²) in [6, 6.07) is 4.84. The zero-order chi connectivity index (χ0) is 10.7. The number of hydrogen-bond acceptors (Lipinski definition) is 2. The molecular formula is C9H10BrClN2O.